The van der Waals surface area contributed by atoms with Gasteiger partial charge in [0.1, 0.15) is 11.6 Å². The number of nitrogens with one attached hydrogen (secondary N) is 1. The van der Waals surface area contributed by atoms with Gasteiger partial charge in [-0.15, -0.1) is 0 Å². The third-order valence-corrected chi connectivity index (χ3v) is 3.57. The lowest BCUT2D eigenvalue weighted by atomic mass is 10.1. The Kier molecular flexibility index (Phi) is 5.06. The van der Waals surface area contributed by atoms with Gasteiger partial charge in [0.05, 0.1) is 6.04 Å². The van der Waals surface area contributed by atoms with Crippen LogP contribution < -0.4 is 5.32 Å². The van der Waals surface area contributed by atoms with Crippen molar-refractivity contribution >= 4 is 5.91 Å². The maximum atomic E-state index is 13.0. The molecule has 1 aromatic carbocycles. The van der Waals surface area contributed by atoms with Crippen LogP contribution in [-0.4, -0.2) is 36.5 Å². The number of hydrogen-bond acceptors (Lipinski definition) is 2. The molecule has 3 nitrogen and oxygen atoms in total. The monoisotopic (exact) mass is 282 g/mol. The number of benzene rings is 1. The first-order valence-corrected chi connectivity index (χ1v) is 7.03. The summed E-state index contributed by atoms with van der Waals surface area (Å²) in [7, 11) is 0. The van der Waals surface area contributed by atoms with Gasteiger partial charge in [-0.05, 0) is 50.4 Å². The van der Waals surface area contributed by atoms with Crippen molar-refractivity contribution < 1.29 is 13.6 Å². The number of carbonyl (C=O) groups is 1. The third-order valence-electron chi connectivity index (χ3n) is 3.57. The van der Waals surface area contributed by atoms with Crippen molar-refractivity contribution in [1.29, 1.82) is 0 Å². The molecule has 2 rings (SSSR count). The Morgan fingerprint density at radius 3 is 2.45 bits per heavy atom. The van der Waals surface area contributed by atoms with E-state index < -0.39 is 11.6 Å². The van der Waals surface area contributed by atoms with Gasteiger partial charge in [-0.1, -0.05) is 0 Å². The first-order chi connectivity index (χ1) is 9.56. The molecule has 0 aliphatic carbocycles. The lowest BCUT2D eigenvalue weighted by Crippen LogP contribution is -2.44. The summed E-state index contributed by atoms with van der Waals surface area (Å²) in [6.07, 6.45) is 2.63. The number of halogens is 2. The molecule has 20 heavy (non-hydrogen) atoms. The van der Waals surface area contributed by atoms with Gasteiger partial charge in [0.15, 0.2) is 0 Å². The first kappa shape index (κ1) is 14.9. The van der Waals surface area contributed by atoms with Crippen molar-refractivity contribution in [1.82, 2.24) is 10.2 Å². The summed E-state index contributed by atoms with van der Waals surface area (Å²) in [4.78, 5) is 13.9. The molecule has 0 saturated carbocycles. The minimum Gasteiger partial charge on any atom is -0.341 e. The number of amides is 1. The van der Waals surface area contributed by atoms with E-state index in [-0.39, 0.29) is 11.9 Å². The molecule has 0 bridgehead atoms. The average Bonchev–Trinajstić information content (AvgIpc) is 2.90. The predicted molar refractivity (Wildman–Crippen MR) is 73.3 cm³/mol. The fourth-order valence-corrected chi connectivity index (χ4v) is 2.49. The minimum absolute atomic E-state index is 0.105. The molecule has 1 amide bonds. The maximum Gasteiger partial charge on any atom is 0.239 e. The molecule has 1 aliphatic rings. The average molecular weight is 282 g/mol. The summed E-state index contributed by atoms with van der Waals surface area (Å²) < 4.78 is 26.1. The predicted octanol–water partition coefficient (Wildman–Crippen LogP) is 2.11. The Balaban J connectivity index is 1.78. The highest BCUT2D eigenvalue weighted by molar-refractivity contribution is 5.81. The van der Waals surface area contributed by atoms with Gasteiger partial charge in [0.25, 0.3) is 0 Å². The van der Waals surface area contributed by atoms with E-state index in [1.54, 1.807) is 0 Å². The normalized spacial score (nSPS) is 16.4. The van der Waals surface area contributed by atoms with E-state index in [0.717, 1.165) is 32.0 Å². The second-order valence-electron chi connectivity index (χ2n) is 5.24. The van der Waals surface area contributed by atoms with Crippen LogP contribution >= 0.6 is 0 Å². The largest absolute Gasteiger partial charge is 0.341 e. The molecule has 1 aliphatic heterocycles. The zero-order valence-corrected chi connectivity index (χ0v) is 11.7. The molecular weight excluding hydrogens is 262 g/mol. The number of hydrogen-bond donors (Lipinski definition) is 1. The minimum atomic E-state index is -0.568. The summed E-state index contributed by atoms with van der Waals surface area (Å²) in [6, 6.07) is 3.23. The van der Waals surface area contributed by atoms with E-state index in [1.807, 2.05) is 11.8 Å². The zero-order valence-electron chi connectivity index (χ0n) is 11.7. The Bertz CT molecular complexity index is 453. The zero-order chi connectivity index (χ0) is 14.5. The Hall–Kier alpha value is -1.49. The summed E-state index contributed by atoms with van der Waals surface area (Å²) in [6.45, 7) is 4.01. The van der Waals surface area contributed by atoms with Crippen molar-refractivity contribution in [2.75, 3.05) is 19.6 Å². The van der Waals surface area contributed by atoms with E-state index in [9.17, 15) is 13.6 Å². The van der Waals surface area contributed by atoms with Crippen LogP contribution in [0.25, 0.3) is 0 Å². The summed E-state index contributed by atoms with van der Waals surface area (Å²) >= 11 is 0. The summed E-state index contributed by atoms with van der Waals surface area (Å²) in [5.74, 6) is -1.03. The van der Waals surface area contributed by atoms with Crippen molar-refractivity contribution in [3.8, 4) is 0 Å². The van der Waals surface area contributed by atoms with Crippen LogP contribution in [-0.2, 0) is 11.2 Å². The van der Waals surface area contributed by atoms with Crippen LogP contribution in [0.3, 0.4) is 0 Å². The molecule has 1 N–H and O–H groups in total. The smallest absolute Gasteiger partial charge is 0.239 e. The quantitative estimate of drug-likeness (QED) is 0.897. The number of nitrogens with zero attached hydrogens (tertiary/aromatic N) is 1. The molecule has 110 valence electrons. The van der Waals surface area contributed by atoms with Crippen molar-refractivity contribution in [2.45, 2.75) is 32.2 Å². The van der Waals surface area contributed by atoms with Crippen molar-refractivity contribution in [3.05, 3.63) is 35.4 Å². The van der Waals surface area contributed by atoms with Gasteiger partial charge in [-0.3, -0.25) is 4.79 Å². The van der Waals surface area contributed by atoms with Crippen LogP contribution in [0.4, 0.5) is 8.78 Å². The number of rotatable bonds is 5. The van der Waals surface area contributed by atoms with Gasteiger partial charge >= 0.3 is 0 Å². The molecule has 1 saturated heterocycles. The Labute approximate surface area is 118 Å². The molecule has 1 aromatic rings. The van der Waals surface area contributed by atoms with Crippen LogP contribution in [0.5, 0.6) is 0 Å². The Morgan fingerprint density at radius 1 is 1.25 bits per heavy atom. The molecule has 0 radical (unpaired) electrons. The second kappa shape index (κ2) is 6.79. The fraction of sp³-hybridized carbons (Fsp3) is 0.533. The highest BCUT2D eigenvalue weighted by Gasteiger charge is 2.22. The highest BCUT2D eigenvalue weighted by atomic mass is 19.1. The second-order valence-corrected chi connectivity index (χ2v) is 5.24. The van der Waals surface area contributed by atoms with Gasteiger partial charge in [-0.2, -0.15) is 0 Å². The highest BCUT2D eigenvalue weighted by Crippen LogP contribution is 2.10. The van der Waals surface area contributed by atoms with Gasteiger partial charge in [0.2, 0.25) is 5.91 Å². The lowest BCUT2D eigenvalue weighted by Gasteiger charge is -2.21. The van der Waals surface area contributed by atoms with Crippen molar-refractivity contribution in [3.63, 3.8) is 0 Å². The third kappa shape index (κ3) is 4.00. The van der Waals surface area contributed by atoms with E-state index in [0.29, 0.717) is 18.5 Å². The molecule has 0 spiro atoms. The van der Waals surface area contributed by atoms with E-state index in [1.165, 1.54) is 12.1 Å². The first-order valence-electron chi connectivity index (χ1n) is 7.03. The van der Waals surface area contributed by atoms with Crippen LogP contribution in [0.15, 0.2) is 18.2 Å². The van der Waals surface area contributed by atoms with E-state index >= 15 is 0 Å². The van der Waals surface area contributed by atoms with Crippen LogP contribution in [0, 0.1) is 11.6 Å². The standard InChI is InChI=1S/C15H20F2N2O/c1-11(15(20)19-6-2-3-7-19)18-5-4-12-8-13(16)10-14(17)9-12/h8-11,18H,2-7H2,1H3. The van der Waals surface area contributed by atoms with Crippen LogP contribution in [0.2, 0.25) is 0 Å². The molecule has 1 fully saturated rings. The topological polar surface area (TPSA) is 32.3 Å². The van der Waals surface area contributed by atoms with Gasteiger partial charge < -0.3 is 10.2 Å². The summed E-state index contributed by atoms with van der Waals surface area (Å²) in [5, 5.41) is 3.11. The SMILES string of the molecule is CC(NCCc1cc(F)cc(F)c1)C(=O)N1CCCC1. The number of carbonyl (C=O) groups excluding carboxylic acids is 1. The molecule has 1 heterocycles. The summed E-state index contributed by atoms with van der Waals surface area (Å²) in [5.41, 5.74) is 0.593. The van der Waals surface area contributed by atoms with E-state index in [4.69, 9.17) is 0 Å². The molecule has 5 heteroatoms. The van der Waals surface area contributed by atoms with Crippen molar-refractivity contribution in [2.24, 2.45) is 0 Å². The Morgan fingerprint density at radius 2 is 1.85 bits per heavy atom. The van der Waals surface area contributed by atoms with Crippen LogP contribution in [0.1, 0.15) is 25.3 Å². The maximum absolute atomic E-state index is 13.0. The molecule has 0 aromatic heterocycles. The number of likely N-dealkylation sites (tertiary alicyclic amines) is 1. The van der Waals surface area contributed by atoms with Gasteiger partial charge in [0, 0.05) is 19.2 Å². The fourth-order valence-electron chi connectivity index (χ4n) is 2.49. The molecule has 1 atom stereocenters. The lowest BCUT2D eigenvalue weighted by molar-refractivity contribution is -0.131. The van der Waals surface area contributed by atoms with E-state index in [2.05, 4.69) is 5.32 Å². The molecular formula is C15H20F2N2O. The van der Waals surface area contributed by atoms with Gasteiger partial charge in [-0.25, -0.2) is 8.78 Å². The molecule has 1 unspecified atom stereocenters.